The Bertz CT molecular complexity index is 1040. The second-order valence-electron chi connectivity index (χ2n) is 8.03. The molecule has 4 heteroatoms. The number of rotatable bonds is 4. The van der Waals surface area contributed by atoms with E-state index in [2.05, 4.69) is 41.3 Å². The molecule has 29 heavy (non-hydrogen) atoms. The molecule has 148 valence electrons. The monoisotopic (exact) mass is 386 g/mol. The van der Waals surface area contributed by atoms with Crippen LogP contribution in [0.2, 0.25) is 0 Å². The van der Waals surface area contributed by atoms with Gasteiger partial charge in [-0.1, -0.05) is 36.4 Å². The van der Waals surface area contributed by atoms with Gasteiger partial charge in [-0.2, -0.15) is 0 Å². The van der Waals surface area contributed by atoms with Crippen LogP contribution in [0, 0.1) is 0 Å². The van der Waals surface area contributed by atoms with Crippen molar-refractivity contribution in [1.29, 1.82) is 0 Å². The number of amides is 1. The second-order valence-corrected chi connectivity index (χ2v) is 8.03. The highest BCUT2D eigenvalue weighted by Gasteiger charge is 2.25. The summed E-state index contributed by atoms with van der Waals surface area (Å²) in [4.78, 5) is 17.7. The van der Waals surface area contributed by atoms with Gasteiger partial charge in [-0.25, -0.2) is 0 Å². The van der Waals surface area contributed by atoms with E-state index in [1.807, 2.05) is 23.1 Å². The highest BCUT2D eigenvalue weighted by Crippen LogP contribution is 2.33. The van der Waals surface area contributed by atoms with Gasteiger partial charge >= 0.3 is 0 Å². The number of nitrogens with zero attached hydrogens (tertiary/aromatic N) is 2. The van der Waals surface area contributed by atoms with Crippen LogP contribution in [0.3, 0.4) is 0 Å². The first-order valence-corrected chi connectivity index (χ1v) is 10.4. The maximum absolute atomic E-state index is 13.3. The highest BCUT2D eigenvalue weighted by atomic mass is 16.5. The third kappa shape index (κ3) is 3.38. The summed E-state index contributed by atoms with van der Waals surface area (Å²) in [6.07, 6.45) is 2.18. The lowest BCUT2D eigenvalue weighted by molar-refractivity contribution is 0.0630. The smallest absolute Gasteiger partial charge is 0.254 e. The van der Waals surface area contributed by atoms with Crippen LogP contribution in [0.4, 0.5) is 0 Å². The number of carbonyl (C=O) groups excluding carboxylic acids is 1. The third-order valence-electron chi connectivity index (χ3n) is 6.33. The first-order valence-electron chi connectivity index (χ1n) is 10.4. The number of aryl methyl sites for hydroxylation is 2. The van der Waals surface area contributed by atoms with Crippen LogP contribution in [0.5, 0.6) is 5.75 Å². The normalized spacial score (nSPS) is 16.4. The summed E-state index contributed by atoms with van der Waals surface area (Å²) in [7, 11) is 1.69. The van der Waals surface area contributed by atoms with Crippen molar-refractivity contribution >= 4 is 16.7 Å². The number of hydrogen-bond acceptors (Lipinski definition) is 3. The van der Waals surface area contributed by atoms with Crippen molar-refractivity contribution in [2.45, 2.75) is 19.4 Å². The SMILES string of the molecule is COc1ccc(CN2CCN(C(=O)c3ccc4c5c(cccc35)CC4)CC2)cc1. The molecule has 5 rings (SSSR count). The number of hydrogen-bond donors (Lipinski definition) is 0. The number of ether oxygens (including phenoxy) is 1. The van der Waals surface area contributed by atoms with Crippen molar-refractivity contribution < 1.29 is 9.53 Å². The fourth-order valence-electron chi connectivity index (χ4n) is 4.70. The topological polar surface area (TPSA) is 32.8 Å². The molecule has 3 aromatic rings. The van der Waals surface area contributed by atoms with E-state index in [9.17, 15) is 4.79 Å². The van der Waals surface area contributed by atoms with Gasteiger partial charge in [0.05, 0.1) is 7.11 Å². The van der Waals surface area contributed by atoms with Gasteiger partial charge in [0.1, 0.15) is 5.75 Å². The Hall–Kier alpha value is -2.85. The van der Waals surface area contributed by atoms with Crippen LogP contribution in [-0.2, 0) is 19.4 Å². The molecule has 0 N–H and O–H groups in total. The van der Waals surface area contributed by atoms with Crippen LogP contribution >= 0.6 is 0 Å². The molecule has 1 aliphatic heterocycles. The summed E-state index contributed by atoms with van der Waals surface area (Å²) in [5.41, 5.74) is 4.90. The zero-order valence-corrected chi connectivity index (χ0v) is 16.9. The summed E-state index contributed by atoms with van der Waals surface area (Å²) in [5.74, 6) is 1.05. The van der Waals surface area contributed by atoms with Gasteiger partial charge in [0.2, 0.25) is 0 Å². The van der Waals surface area contributed by atoms with E-state index in [1.54, 1.807) is 7.11 Å². The van der Waals surface area contributed by atoms with E-state index in [1.165, 1.54) is 22.1 Å². The standard InChI is InChI=1S/C25H26N2O2/c1-29-21-10-5-18(6-11-21)17-26-13-15-27(16-14-26)25(28)23-12-9-20-8-7-19-3-2-4-22(23)24(19)20/h2-6,9-12H,7-8,13-17H2,1H3. The summed E-state index contributed by atoms with van der Waals surface area (Å²) >= 11 is 0. The van der Waals surface area contributed by atoms with Gasteiger partial charge in [0.25, 0.3) is 5.91 Å². The Morgan fingerprint density at radius 1 is 0.897 bits per heavy atom. The quantitative estimate of drug-likeness (QED) is 0.682. The molecule has 4 nitrogen and oxygen atoms in total. The Kier molecular flexibility index (Phi) is 4.72. The van der Waals surface area contributed by atoms with Crippen molar-refractivity contribution in [3.63, 3.8) is 0 Å². The van der Waals surface area contributed by atoms with Crippen molar-refractivity contribution in [3.05, 3.63) is 76.9 Å². The molecular formula is C25H26N2O2. The summed E-state index contributed by atoms with van der Waals surface area (Å²) < 4.78 is 5.23. The molecule has 1 amide bonds. The van der Waals surface area contributed by atoms with Gasteiger partial charge in [-0.3, -0.25) is 9.69 Å². The van der Waals surface area contributed by atoms with Crippen LogP contribution < -0.4 is 4.74 Å². The first-order chi connectivity index (χ1) is 14.2. The molecule has 0 unspecified atom stereocenters. The number of benzene rings is 3. The van der Waals surface area contributed by atoms with E-state index in [0.29, 0.717) is 0 Å². The molecule has 1 aliphatic carbocycles. The maximum atomic E-state index is 13.3. The van der Waals surface area contributed by atoms with Gasteiger partial charge < -0.3 is 9.64 Å². The molecule has 0 atom stereocenters. The Morgan fingerprint density at radius 3 is 2.34 bits per heavy atom. The minimum Gasteiger partial charge on any atom is -0.497 e. The summed E-state index contributed by atoms with van der Waals surface area (Å²) in [6.45, 7) is 4.26. The zero-order chi connectivity index (χ0) is 19.8. The average molecular weight is 386 g/mol. The molecule has 0 bridgehead atoms. The molecule has 0 saturated carbocycles. The van der Waals surface area contributed by atoms with Gasteiger partial charge in [-0.05, 0) is 58.5 Å². The lowest BCUT2D eigenvalue weighted by Gasteiger charge is -2.35. The average Bonchev–Trinajstić information content (AvgIpc) is 3.20. The molecule has 3 aromatic carbocycles. The second kappa shape index (κ2) is 7.53. The fourth-order valence-corrected chi connectivity index (χ4v) is 4.70. The van der Waals surface area contributed by atoms with Crippen LogP contribution in [-0.4, -0.2) is 49.0 Å². The van der Waals surface area contributed by atoms with E-state index in [-0.39, 0.29) is 5.91 Å². The molecule has 0 spiro atoms. The van der Waals surface area contributed by atoms with E-state index >= 15 is 0 Å². The number of piperazine rings is 1. The Labute approximate surface area is 171 Å². The van der Waals surface area contributed by atoms with Gasteiger partial charge in [-0.15, -0.1) is 0 Å². The summed E-state index contributed by atoms with van der Waals surface area (Å²) in [5, 5.41) is 2.44. The molecule has 0 aromatic heterocycles. The molecule has 1 saturated heterocycles. The fraction of sp³-hybridized carbons (Fsp3) is 0.320. The summed E-state index contributed by atoms with van der Waals surface area (Å²) in [6, 6.07) is 18.8. The Balaban J connectivity index is 1.28. The minimum absolute atomic E-state index is 0.171. The van der Waals surface area contributed by atoms with Crippen LogP contribution in [0.15, 0.2) is 54.6 Å². The third-order valence-corrected chi connectivity index (χ3v) is 6.33. The van der Waals surface area contributed by atoms with Crippen molar-refractivity contribution in [1.82, 2.24) is 9.80 Å². The van der Waals surface area contributed by atoms with E-state index in [0.717, 1.165) is 62.3 Å². The lowest BCUT2D eigenvalue weighted by atomic mass is 9.99. The lowest BCUT2D eigenvalue weighted by Crippen LogP contribution is -2.48. The van der Waals surface area contributed by atoms with Gasteiger partial charge in [0, 0.05) is 38.3 Å². The van der Waals surface area contributed by atoms with Crippen molar-refractivity contribution in [2.24, 2.45) is 0 Å². The van der Waals surface area contributed by atoms with Crippen LogP contribution in [0.25, 0.3) is 10.8 Å². The van der Waals surface area contributed by atoms with Crippen molar-refractivity contribution in [3.8, 4) is 5.75 Å². The highest BCUT2D eigenvalue weighted by molar-refractivity contribution is 6.09. The van der Waals surface area contributed by atoms with Crippen molar-refractivity contribution in [2.75, 3.05) is 33.3 Å². The molecule has 1 heterocycles. The minimum atomic E-state index is 0.171. The molecule has 2 aliphatic rings. The predicted octanol–water partition coefficient (Wildman–Crippen LogP) is 3.91. The van der Waals surface area contributed by atoms with Crippen LogP contribution in [0.1, 0.15) is 27.0 Å². The van der Waals surface area contributed by atoms with E-state index < -0.39 is 0 Å². The first kappa shape index (κ1) is 18.2. The molecular weight excluding hydrogens is 360 g/mol. The largest absolute Gasteiger partial charge is 0.497 e. The zero-order valence-electron chi connectivity index (χ0n) is 16.9. The molecule has 1 fully saturated rings. The molecule has 0 radical (unpaired) electrons. The van der Waals surface area contributed by atoms with E-state index in [4.69, 9.17) is 4.74 Å². The number of carbonyl (C=O) groups is 1. The Morgan fingerprint density at radius 2 is 1.62 bits per heavy atom. The number of methoxy groups -OCH3 is 1. The maximum Gasteiger partial charge on any atom is 0.254 e. The van der Waals surface area contributed by atoms with Gasteiger partial charge in [0.15, 0.2) is 0 Å². The predicted molar refractivity (Wildman–Crippen MR) is 116 cm³/mol.